The smallest absolute Gasteiger partial charge is 0.365 e. The van der Waals surface area contributed by atoms with Crippen molar-refractivity contribution < 1.29 is 14.0 Å². The van der Waals surface area contributed by atoms with E-state index in [1.54, 1.807) is 12.1 Å². The van der Waals surface area contributed by atoms with Gasteiger partial charge in [0.2, 0.25) is 0 Å². The van der Waals surface area contributed by atoms with E-state index >= 15 is 0 Å². The van der Waals surface area contributed by atoms with Crippen molar-refractivity contribution in [2.45, 2.75) is 26.7 Å². The Balaban J connectivity index is 0.000000516. The second-order valence-corrected chi connectivity index (χ2v) is 7.32. The van der Waals surface area contributed by atoms with Crippen molar-refractivity contribution in [3.8, 4) is 16.9 Å². The highest BCUT2D eigenvalue weighted by atomic mass is 31.1. The van der Waals surface area contributed by atoms with E-state index in [9.17, 15) is 4.57 Å². The lowest BCUT2D eigenvalue weighted by Gasteiger charge is -2.12. The average Bonchev–Trinajstić information content (AvgIpc) is 2.73. The fraction of sp³-hybridized carbons (Fsp3) is 0.167. The SMILES string of the molecule is CCCC.O=[PH](O)Oc1cccc(-c2cc3ccccc3c3ccccc23)c1. The van der Waals surface area contributed by atoms with E-state index in [0.29, 0.717) is 5.75 Å². The number of hydrogen-bond acceptors (Lipinski definition) is 2. The largest absolute Gasteiger partial charge is 0.426 e. The summed E-state index contributed by atoms with van der Waals surface area (Å²) >= 11 is 0. The van der Waals surface area contributed by atoms with Crippen LogP contribution < -0.4 is 4.52 Å². The Labute approximate surface area is 166 Å². The quantitative estimate of drug-likeness (QED) is 0.294. The van der Waals surface area contributed by atoms with Gasteiger partial charge in [0.25, 0.3) is 0 Å². The van der Waals surface area contributed by atoms with Crippen LogP contribution in [0.1, 0.15) is 26.7 Å². The van der Waals surface area contributed by atoms with Crippen molar-refractivity contribution in [3.05, 3.63) is 78.9 Å². The molecule has 0 aliphatic carbocycles. The summed E-state index contributed by atoms with van der Waals surface area (Å²) in [6.45, 7) is 4.36. The van der Waals surface area contributed by atoms with Crippen LogP contribution in [0, 0.1) is 0 Å². The van der Waals surface area contributed by atoms with Crippen LogP contribution in [0.3, 0.4) is 0 Å². The molecule has 4 aromatic rings. The molecule has 0 radical (unpaired) electrons. The molecular formula is C24H25O3P. The monoisotopic (exact) mass is 392 g/mol. The summed E-state index contributed by atoms with van der Waals surface area (Å²) in [6, 6.07) is 26.0. The van der Waals surface area contributed by atoms with Gasteiger partial charge in [-0.3, -0.25) is 0 Å². The first-order valence-corrected chi connectivity index (χ1v) is 10.8. The highest BCUT2D eigenvalue weighted by Crippen LogP contribution is 2.36. The Bertz CT molecular complexity index is 1100. The van der Waals surface area contributed by atoms with Gasteiger partial charge in [-0.05, 0) is 50.9 Å². The molecule has 1 unspecified atom stereocenters. The maximum absolute atomic E-state index is 11.0. The van der Waals surface area contributed by atoms with Gasteiger partial charge in [0.15, 0.2) is 0 Å². The minimum Gasteiger partial charge on any atom is -0.426 e. The summed E-state index contributed by atoms with van der Waals surface area (Å²) in [5.74, 6) is 0.399. The number of benzene rings is 4. The van der Waals surface area contributed by atoms with Crippen molar-refractivity contribution in [3.63, 3.8) is 0 Å². The molecule has 0 heterocycles. The molecule has 28 heavy (non-hydrogen) atoms. The van der Waals surface area contributed by atoms with E-state index in [1.165, 1.54) is 23.6 Å². The zero-order valence-electron chi connectivity index (χ0n) is 16.2. The predicted octanol–water partition coefficient (Wildman–Crippen LogP) is 7.23. The summed E-state index contributed by atoms with van der Waals surface area (Å²) in [6.07, 6.45) is 2.64. The zero-order valence-corrected chi connectivity index (χ0v) is 17.2. The van der Waals surface area contributed by atoms with Crippen LogP contribution >= 0.6 is 8.25 Å². The summed E-state index contributed by atoms with van der Waals surface area (Å²) in [4.78, 5) is 9.00. The van der Waals surface area contributed by atoms with Gasteiger partial charge in [0.1, 0.15) is 5.75 Å². The van der Waals surface area contributed by atoms with Crippen molar-refractivity contribution in [1.82, 2.24) is 0 Å². The summed E-state index contributed by atoms with van der Waals surface area (Å²) in [5, 5.41) is 4.70. The number of fused-ring (bicyclic) bond motifs is 3. The first kappa shape index (κ1) is 20.1. The molecule has 144 valence electrons. The first-order chi connectivity index (χ1) is 13.6. The lowest BCUT2D eigenvalue weighted by molar-refractivity contribution is 0.410. The van der Waals surface area contributed by atoms with E-state index in [4.69, 9.17) is 9.42 Å². The lowest BCUT2D eigenvalue weighted by Crippen LogP contribution is -1.86. The van der Waals surface area contributed by atoms with Gasteiger partial charge in [-0.2, -0.15) is 0 Å². The van der Waals surface area contributed by atoms with Gasteiger partial charge >= 0.3 is 8.25 Å². The Morgan fingerprint density at radius 3 is 2.11 bits per heavy atom. The second-order valence-electron chi connectivity index (χ2n) is 6.59. The molecule has 0 aromatic heterocycles. The molecule has 0 spiro atoms. The van der Waals surface area contributed by atoms with E-state index < -0.39 is 8.25 Å². The molecule has 1 atom stereocenters. The molecule has 4 heteroatoms. The topological polar surface area (TPSA) is 46.5 Å². The molecule has 4 aromatic carbocycles. The third kappa shape index (κ3) is 4.62. The van der Waals surface area contributed by atoms with Gasteiger partial charge in [0, 0.05) is 0 Å². The zero-order chi connectivity index (χ0) is 19.9. The summed E-state index contributed by atoms with van der Waals surface area (Å²) in [7, 11) is -3.01. The number of hydrogen-bond donors (Lipinski definition) is 1. The molecule has 0 bridgehead atoms. The molecule has 4 rings (SSSR count). The summed E-state index contributed by atoms with van der Waals surface area (Å²) < 4.78 is 15.9. The molecular weight excluding hydrogens is 367 g/mol. The molecule has 0 aliphatic rings. The van der Waals surface area contributed by atoms with E-state index in [-0.39, 0.29) is 0 Å². The van der Waals surface area contributed by atoms with E-state index in [2.05, 4.69) is 44.2 Å². The van der Waals surface area contributed by atoms with E-state index in [1.807, 2.05) is 36.4 Å². The third-order valence-electron chi connectivity index (χ3n) is 4.62. The summed E-state index contributed by atoms with van der Waals surface area (Å²) in [5.41, 5.74) is 2.03. The second kappa shape index (κ2) is 9.54. The van der Waals surface area contributed by atoms with Gasteiger partial charge in [0.05, 0.1) is 0 Å². The van der Waals surface area contributed by atoms with Crippen LogP contribution in [-0.4, -0.2) is 4.89 Å². The molecule has 0 saturated carbocycles. The van der Waals surface area contributed by atoms with Gasteiger partial charge in [-0.25, -0.2) is 4.57 Å². The van der Waals surface area contributed by atoms with Crippen LogP contribution in [0.5, 0.6) is 5.75 Å². The highest BCUT2D eigenvalue weighted by molar-refractivity contribution is 7.32. The number of rotatable bonds is 4. The fourth-order valence-electron chi connectivity index (χ4n) is 3.12. The number of unbranched alkanes of at least 4 members (excludes halogenated alkanes) is 1. The molecule has 0 fully saturated rings. The maximum Gasteiger partial charge on any atom is 0.365 e. The average molecular weight is 392 g/mol. The highest BCUT2D eigenvalue weighted by Gasteiger charge is 2.09. The first-order valence-electron chi connectivity index (χ1n) is 9.55. The Morgan fingerprint density at radius 2 is 1.43 bits per heavy atom. The minimum atomic E-state index is -3.01. The van der Waals surface area contributed by atoms with Crippen LogP contribution in [0.15, 0.2) is 78.9 Å². The Kier molecular flexibility index (Phi) is 6.86. The lowest BCUT2D eigenvalue weighted by atomic mass is 9.93. The Morgan fingerprint density at radius 1 is 0.786 bits per heavy atom. The van der Waals surface area contributed by atoms with Gasteiger partial charge < -0.3 is 9.42 Å². The van der Waals surface area contributed by atoms with Gasteiger partial charge in [-0.15, -0.1) is 0 Å². The van der Waals surface area contributed by atoms with E-state index in [0.717, 1.165) is 21.9 Å². The van der Waals surface area contributed by atoms with Crippen molar-refractivity contribution >= 4 is 29.8 Å². The van der Waals surface area contributed by atoms with Crippen molar-refractivity contribution in [1.29, 1.82) is 0 Å². The maximum atomic E-state index is 11.0. The molecule has 0 aliphatic heterocycles. The normalized spacial score (nSPS) is 11.7. The van der Waals surface area contributed by atoms with Crippen LogP contribution in [-0.2, 0) is 4.57 Å². The van der Waals surface area contributed by atoms with Crippen molar-refractivity contribution in [2.24, 2.45) is 0 Å². The molecule has 1 N–H and O–H groups in total. The third-order valence-corrected chi connectivity index (χ3v) is 5.03. The molecule has 0 amide bonds. The van der Waals surface area contributed by atoms with Gasteiger partial charge in [-0.1, -0.05) is 87.4 Å². The Hall–Kier alpha value is -2.61. The predicted molar refractivity (Wildman–Crippen MR) is 119 cm³/mol. The molecule has 0 saturated heterocycles. The van der Waals surface area contributed by atoms with Crippen molar-refractivity contribution in [2.75, 3.05) is 0 Å². The minimum absolute atomic E-state index is 0.399. The molecule has 3 nitrogen and oxygen atoms in total. The standard InChI is InChI=1S/C20H15O3P.C4H10/c21-24(22)23-16-8-5-7-14(12-16)20-13-15-6-1-2-9-17(15)18-10-3-4-11-19(18)20;1-3-4-2/h1-13,24H,(H,21,22);3-4H2,1-2H3. The van der Waals surface area contributed by atoms with Crippen LogP contribution in [0.25, 0.3) is 32.7 Å². The van der Waals surface area contributed by atoms with Crippen LogP contribution in [0.4, 0.5) is 0 Å². The fourth-order valence-corrected chi connectivity index (χ4v) is 3.45. The van der Waals surface area contributed by atoms with Crippen LogP contribution in [0.2, 0.25) is 0 Å².